The summed E-state index contributed by atoms with van der Waals surface area (Å²) in [6.45, 7) is 3.77. The van der Waals surface area contributed by atoms with Gasteiger partial charge in [-0.1, -0.05) is 71.4 Å². The number of amides is 2. The molecule has 3 aromatic carbocycles. The lowest BCUT2D eigenvalue weighted by atomic mass is 10.1. The van der Waals surface area contributed by atoms with Gasteiger partial charge in [0.05, 0.1) is 10.6 Å². The minimum Gasteiger partial charge on any atom is -0.354 e. The molecular weight excluding hydrogens is 542 g/mol. The SMILES string of the molecule is CCCNC(=O)C(C)N(Cc1cccc(Br)c1)C(=O)CN(c1ccccc1)S(=O)(=O)c1ccccc1. The van der Waals surface area contributed by atoms with E-state index in [2.05, 4.69) is 21.2 Å². The fourth-order valence-electron chi connectivity index (χ4n) is 3.65. The Labute approximate surface area is 221 Å². The van der Waals surface area contributed by atoms with E-state index in [4.69, 9.17) is 0 Å². The Morgan fingerprint density at radius 2 is 1.58 bits per heavy atom. The van der Waals surface area contributed by atoms with E-state index in [9.17, 15) is 18.0 Å². The van der Waals surface area contributed by atoms with Gasteiger partial charge in [0, 0.05) is 17.6 Å². The standard InChI is InChI=1S/C27H30BrN3O4S/c1-3-17-29-27(33)21(2)30(19-22-11-10-12-23(28)18-22)26(32)20-31(24-13-6-4-7-14-24)36(34,35)25-15-8-5-9-16-25/h4-16,18,21H,3,17,19-20H2,1-2H3,(H,29,33). The number of carbonyl (C=O) groups excluding carboxylic acids is 2. The summed E-state index contributed by atoms with van der Waals surface area (Å²) in [4.78, 5) is 28.1. The van der Waals surface area contributed by atoms with Crippen LogP contribution >= 0.6 is 15.9 Å². The summed E-state index contributed by atoms with van der Waals surface area (Å²) in [6, 6.07) is 23.1. The van der Waals surface area contributed by atoms with E-state index in [0.717, 1.165) is 20.8 Å². The first-order chi connectivity index (χ1) is 17.2. The first kappa shape index (κ1) is 27.4. The highest BCUT2D eigenvalue weighted by Gasteiger charge is 2.32. The van der Waals surface area contributed by atoms with Crippen LogP contribution in [0.1, 0.15) is 25.8 Å². The molecule has 0 saturated heterocycles. The maximum atomic E-state index is 13.7. The van der Waals surface area contributed by atoms with Crippen molar-refractivity contribution in [3.05, 3.63) is 95.0 Å². The molecular formula is C27H30BrN3O4S. The molecule has 0 aliphatic heterocycles. The topological polar surface area (TPSA) is 86.8 Å². The lowest BCUT2D eigenvalue weighted by Gasteiger charge is -2.32. The fraction of sp³-hybridized carbons (Fsp3) is 0.259. The van der Waals surface area contributed by atoms with E-state index in [0.29, 0.717) is 12.2 Å². The second-order valence-electron chi connectivity index (χ2n) is 8.28. The molecule has 190 valence electrons. The molecule has 0 saturated carbocycles. The van der Waals surface area contributed by atoms with Crippen molar-refractivity contribution in [3.8, 4) is 0 Å². The molecule has 0 bridgehead atoms. The zero-order valence-electron chi connectivity index (χ0n) is 20.3. The lowest BCUT2D eigenvalue weighted by molar-refractivity contribution is -0.139. The summed E-state index contributed by atoms with van der Waals surface area (Å²) in [6.07, 6.45) is 0.759. The molecule has 0 radical (unpaired) electrons. The average molecular weight is 573 g/mol. The third kappa shape index (κ3) is 6.95. The van der Waals surface area contributed by atoms with Gasteiger partial charge in [0.1, 0.15) is 12.6 Å². The molecule has 0 aliphatic rings. The Bertz CT molecular complexity index is 1270. The smallest absolute Gasteiger partial charge is 0.264 e. The molecule has 0 spiro atoms. The number of rotatable bonds is 11. The Kier molecular flexibility index (Phi) is 9.66. The van der Waals surface area contributed by atoms with Crippen molar-refractivity contribution >= 4 is 43.5 Å². The van der Waals surface area contributed by atoms with Crippen LogP contribution in [-0.2, 0) is 26.2 Å². The molecule has 7 nitrogen and oxygen atoms in total. The van der Waals surface area contributed by atoms with Crippen LogP contribution in [0.5, 0.6) is 0 Å². The van der Waals surface area contributed by atoms with Crippen molar-refractivity contribution in [1.82, 2.24) is 10.2 Å². The Morgan fingerprint density at radius 1 is 0.944 bits per heavy atom. The van der Waals surface area contributed by atoms with Crippen molar-refractivity contribution in [2.24, 2.45) is 0 Å². The van der Waals surface area contributed by atoms with Gasteiger partial charge in [-0.2, -0.15) is 0 Å². The zero-order chi connectivity index (χ0) is 26.1. The average Bonchev–Trinajstić information content (AvgIpc) is 2.89. The number of anilines is 1. The minimum atomic E-state index is -4.04. The van der Waals surface area contributed by atoms with E-state index < -0.39 is 28.5 Å². The Hall–Kier alpha value is -3.17. The van der Waals surface area contributed by atoms with Crippen LogP contribution in [0, 0.1) is 0 Å². The second kappa shape index (κ2) is 12.7. The van der Waals surface area contributed by atoms with Crippen LogP contribution in [0.15, 0.2) is 94.3 Å². The number of nitrogens with zero attached hydrogens (tertiary/aromatic N) is 2. The highest BCUT2D eigenvalue weighted by atomic mass is 79.9. The molecule has 1 atom stereocenters. The number of hydrogen-bond donors (Lipinski definition) is 1. The van der Waals surface area contributed by atoms with Crippen molar-refractivity contribution in [3.63, 3.8) is 0 Å². The first-order valence-electron chi connectivity index (χ1n) is 11.7. The largest absolute Gasteiger partial charge is 0.354 e. The predicted octanol–water partition coefficient (Wildman–Crippen LogP) is 4.59. The normalized spacial score (nSPS) is 12.0. The zero-order valence-corrected chi connectivity index (χ0v) is 22.7. The third-order valence-electron chi connectivity index (χ3n) is 5.61. The van der Waals surface area contributed by atoms with Crippen molar-refractivity contribution in [1.29, 1.82) is 0 Å². The molecule has 1 N–H and O–H groups in total. The molecule has 1 unspecified atom stereocenters. The minimum absolute atomic E-state index is 0.0777. The maximum Gasteiger partial charge on any atom is 0.264 e. The summed E-state index contributed by atoms with van der Waals surface area (Å²) in [5.41, 5.74) is 1.17. The van der Waals surface area contributed by atoms with E-state index in [1.807, 2.05) is 31.2 Å². The number of sulfonamides is 1. The third-order valence-corrected chi connectivity index (χ3v) is 7.89. The van der Waals surface area contributed by atoms with E-state index in [-0.39, 0.29) is 17.3 Å². The Balaban J connectivity index is 1.98. The van der Waals surface area contributed by atoms with Gasteiger partial charge >= 0.3 is 0 Å². The lowest BCUT2D eigenvalue weighted by Crippen LogP contribution is -2.51. The van der Waals surface area contributed by atoms with Crippen LogP contribution in [-0.4, -0.2) is 44.3 Å². The molecule has 9 heteroatoms. The second-order valence-corrected chi connectivity index (χ2v) is 11.1. The van der Waals surface area contributed by atoms with E-state index in [1.165, 1.54) is 17.0 Å². The highest BCUT2D eigenvalue weighted by molar-refractivity contribution is 9.10. The van der Waals surface area contributed by atoms with Crippen molar-refractivity contribution < 1.29 is 18.0 Å². The predicted molar refractivity (Wildman–Crippen MR) is 145 cm³/mol. The van der Waals surface area contributed by atoms with Crippen LogP contribution in [0.3, 0.4) is 0 Å². The summed E-state index contributed by atoms with van der Waals surface area (Å²) in [7, 11) is -4.04. The Morgan fingerprint density at radius 3 is 2.19 bits per heavy atom. The summed E-state index contributed by atoms with van der Waals surface area (Å²) >= 11 is 3.44. The van der Waals surface area contributed by atoms with Crippen molar-refractivity contribution in [2.45, 2.75) is 37.8 Å². The van der Waals surface area contributed by atoms with Gasteiger partial charge in [0.2, 0.25) is 11.8 Å². The molecule has 0 heterocycles. The van der Waals surface area contributed by atoms with Crippen LogP contribution < -0.4 is 9.62 Å². The van der Waals surface area contributed by atoms with Gasteiger partial charge in [0.15, 0.2) is 0 Å². The quantitative estimate of drug-likeness (QED) is 0.364. The van der Waals surface area contributed by atoms with Gasteiger partial charge in [-0.3, -0.25) is 13.9 Å². The number of para-hydroxylation sites is 1. The summed E-state index contributed by atoms with van der Waals surface area (Å²) in [5, 5.41) is 2.83. The number of halogens is 1. The molecule has 0 aromatic heterocycles. The molecule has 36 heavy (non-hydrogen) atoms. The molecule has 3 rings (SSSR count). The van der Waals surface area contributed by atoms with Gasteiger partial charge < -0.3 is 10.2 Å². The summed E-state index contributed by atoms with van der Waals surface area (Å²) in [5.74, 6) is -0.783. The number of hydrogen-bond acceptors (Lipinski definition) is 4. The van der Waals surface area contributed by atoms with E-state index in [1.54, 1.807) is 55.5 Å². The maximum absolute atomic E-state index is 13.7. The first-order valence-corrected chi connectivity index (χ1v) is 13.9. The van der Waals surface area contributed by atoms with Gasteiger partial charge in [-0.15, -0.1) is 0 Å². The van der Waals surface area contributed by atoms with Crippen LogP contribution in [0.2, 0.25) is 0 Å². The fourth-order valence-corrected chi connectivity index (χ4v) is 5.54. The van der Waals surface area contributed by atoms with Gasteiger partial charge in [-0.25, -0.2) is 8.42 Å². The molecule has 3 aromatic rings. The number of carbonyl (C=O) groups is 2. The molecule has 0 fully saturated rings. The summed E-state index contributed by atoms with van der Waals surface area (Å²) < 4.78 is 29.2. The number of nitrogens with one attached hydrogen (secondary N) is 1. The van der Waals surface area contributed by atoms with Crippen LogP contribution in [0.4, 0.5) is 5.69 Å². The van der Waals surface area contributed by atoms with Crippen LogP contribution in [0.25, 0.3) is 0 Å². The number of benzene rings is 3. The van der Waals surface area contributed by atoms with Crippen molar-refractivity contribution in [2.75, 3.05) is 17.4 Å². The molecule has 2 amide bonds. The van der Waals surface area contributed by atoms with Gasteiger partial charge in [0.25, 0.3) is 10.0 Å². The molecule has 0 aliphatic carbocycles. The van der Waals surface area contributed by atoms with Gasteiger partial charge in [-0.05, 0) is 55.3 Å². The van der Waals surface area contributed by atoms with E-state index >= 15 is 0 Å². The highest BCUT2D eigenvalue weighted by Crippen LogP contribution is 2.24. The monoisotopic (exact) mass is 571 g/mol.